The van der Waals surface area contributed by atoms with Crippen LogP contribution in [0, 0.1) is 5.41 Å². The summed E-state index contributed by atoms with van der Waals surface area (Å²) in [4.78, 5) is 11.9. The molecule has 1 aromatic carbocycles. The molecule has 0 aliphatic carbocycles. The Morgan fingerprint density at radius 2 is 2.00 bits per heavy atom. The molecule has 0 heterocycles. The fraction of sp³-hybridized carbons (Fsp3) is 0.385. The van der Waals surface area contributed by atoms with Crippen LogP contribution in [0.25, 0.3) is 0 Å². The highest BCUT2D eigenvalue weighted by atomic mass is 35.5. The summed E-state index contributed by atoms with van der Waals surface area (Å²) in [6.45, 7) is 2.02. The normalized spacial score (nSPS) is 10.6. The van der Waals surface area contributed by atoms with Crippen LogP contribution in [0.4, 0.5) is 0 Å². The monoisotopic (exact) mass is 333 g/mol. The van der Waals surface area contributed by atoms with Crippen molar-refractivity contribution in [1.29, 1.82) is 5.41 Å². The molecule has 0 bridgehead atoms. The molecule has 21 heavy (non-hydrogen) atoms. The van der Waals surface area contributed by atoms with Gasteiger partial charge >= 0.3 is 0 Å². The molecule has 1 amide bonds. The molecular formula is C13H20ClN3O3S. The summed E-state index contributed by atoms with van der Waals surface area (Å²) in [5, 5.41) is 9.14. The lowest BCUT2D eigenvalue weighted by atomic mass is 10.1. The summed E-state index contributed by atoms with van der Waals surface area (Å²) in [5.74, 6) is -1.07. The van der Waals surface area contributed by atoms with Crippen molar-refractivity contribution in [2.24, 2.45) is 5.73 Å². The van der Waals surface area contributed by atoms with Gasteiger partial charge in [0, 0.05) is 11.8 Å². The summed E-state index contributed by atoms with van der Waals surface area (Å²) in [5.41, 5.74) is 5.95. The number of benzene rings is 1. The first-order chi connectivity index (χ1) is 9.25. The van der Waals surface area contributed by atoms with Crippen molar-refractivity contribution < 1.29 is 13.2 Å². The van der Waals surface area contributed by atoms with Crippen molar-refractivity contribution in [3.05, 3.63) is 29.3 Å². The number of carbonyl (C=O) groups is 1. The first-order valence-electron chi connectivity index (χ1n) is 6.24. The van der Waals surface area contributed by atoms with Gasteiger partial charge in [-0.2, -0.15) is 0 Å². The number of aryl methyl sites for hydroxylation is 1. The Balaban J connectivity index is 0.00000400. The van der Waals surface area contributed by atoms with Gasteiger partial charge in [0.05, 0.1) is 4.90 Å². The number of carbonyl (C=O) groups excluding carboxylic acids is 1. The second kappa shape index (κ2) is 7.99. The van der Waals surface area contributed by atoms with Crippen LogP contribution in [-0.4, -0.2) is 26.5 Å². The molecule has 8 heteroatoms. The number of halogens is 1. The molecule has 0 aromatic heterocycles. The van der Waals surface area contributed by atoms with E-state index in [-0.39, 0.29) is 22.9 Å². The maximum absolute atomic E-state index is 11.8. The summed E-state index contributed by atoms with van der Waals surface area (Å²) in [6.07, 6.45) is 3.59. The number of nitrogens with two attached hydrogens (primary N) is 1. The van der Waals surface area contributed by atoms with Gasteiger partial charge in [-0.15, -0.1) is 12.4 Å². The van der Waals surface area contributed by atoms with E-state index in [0.29, 0.717) is 12.0 Å². The van der Waals surface area contributed by atoms with E-state index in [2.05, 4.69) is 5.32 Å². The predicted octanol–water partition coefficient (Wildman–Crippen LogP) is 1.48. The molecule has 4 N–H and O–H groups in total. The molecule has 0 saturated heterocycles. The molecule has 1 aromatic rings. The molecule has 0 aliphatic heterocycles. The Morgan fingerprint density at radius 3 is 2.48 bits per heavy atom. The third-order valence-electron chi connectivity index (χ3n) is 2.78. The molecule has 0 atom stereocenters. The number of nitrogens with one attached hydrogen (secondary N) is 2. The van der Waals surface area contributed by atoms with Gasteiger partial charge in [-0.1, -0.05) is 19.4 Å². The van der Waals surface area contributed by atoms with Crippen molar-refractivity contribution in [2.45, 2.75) is 31.1 Å². The van der Waals surface area contributed by atoms with E-state index in [4.69, 9.17) is 11.1 Å². The van der Waals surface area contributed by atoms with Gasteiger partial charge in [-0.05, 0) is 30.5 Å². The molecule has 0 spiro atoms. The van der Waals surface area contributed by atoms with Crippen LogP contribution >= 0.6 is 12.4 Å². The molecule has 0 aliphatic rings. The van der Waals surface area contributed by atoms with E-state index >= 15 is 0 Å². The number of unbranched alkanes of at least 4 members (excludes halogenated alkanes) is 1. The Bertz CT molecular complexity index is 630. The van der Waals surface area contributed by atoms with E-state index < -0.39 is 21.7 Å². The fourth-order valence-electron chi connectivity index (χ4n) is 1.81. The molecule has 118 valence electrons. The minimum atomic E-state index is -3.41. The van der Waals surface area contributed by atoms with Gasteiger partial charge in [-0.25, -0.2) is 8.42 Å². The fourth-order valence-corrected chi connectivity index (χ4v) is 2.80. The zero-order valence-corrected chi connectivity index (χ0v) is 13.6. The number of hydrogen-bond donors (Lipinski definition) is 3. The molecule has 1 rings (SSSR count). The van der Waals surface area contributed by atoms with Crippen molar-refractivity contribution in [2.75, 3.05) is 6.26 Å². The maximum Gasteiger partial charge on any atom is 0.257 e. The number of sulfone groups is 1. The lowest BCUT2D eigenvalue weighted by molar-refractivity contribution is 0.0976. The van der Waals surface area contributed by atoms with E-state index in [9.17, 15) is 13.2 Å². The van der Waals surface area contributed by atoms with Gasteiger partial charge in [-0.3, -0.25) is 15.5 Å². The molecule has 0 fully saturated rings. The molecule has 6 nitrogen and oxygen atoms in total. The van der Waals surface area contributed by atoms with Gasteiger partial charge in [0.1, 0.15) is 0 Å². The highest BCUT2D eigenvalue weighted by Gasteiger charge is 2.16. The van der Waals surface area contributed by atoms with Gasteiger partial charge in [0.15, 0.2) is 15.8 Å². The zero-order valence-electron chi connectivity index (χ0n) is 12.0. The van der Waals surface area contributed by atoms with Crippen LogP contribution in [0.1, 0.15) is 35.7 Å². The van der Waals surface area contributed by atoms with E-state index in [1.807, 2.05) is 6.92 Å². The Morgan fingerprint density at radius 1 is 1.38 bits per heavy atom. The smallest absolute Gasteiger partial charge is 0.257 e. The predicted molar refractivity (Wildman–Crippen MR) is 84.8 cm³/mol. The average molecular weight is 334 g/mol. The second-order valence-electron chi connectivity index (χ2n) is 4.57. The largest absolute Gasteiger partial charge is 0.370 e. The van der Waals surface area contributed by atoms with Crippen LogP contribution < -0.4 is 11.1 Å². The first-order valence-corrected chi connectivity index (χ1v) is 8.13. The van der Waals surface area contributed by atoms with E-state index in [1.165, 1.54) is 12.1 Å². The lowest BCUT2D eigenvalue weighted by Crippen LogP contribution is -2.35. The lowest BCUT2D eigenvalue weighted by Gasteiger charge is -2.10. The van der Waals surface area contributed by atoms with Gasteiger partial charge in [0.2, 0.25) is 0 Å². The second-order valence-corrected chi connectivity index (χ2v) is 6.55. The van der Waals surface area contributed by atoms with Crippen LogP contribution in [0.5, 0.6) is 0 Å². The molecule has 0 saturated carbocycles. The zero-order chi connectivity index (χ0) is 15.3. The van der Waals surface area contributed by atoms with Crippen molar-refractivity contribution >= 4 is 34.1 Å². The van der Waals surface area contributed by atoms with Crippen molar-refractivity contribution in [3.8, 4) is 0 Å². The SMILES string of the molecule is CCCCc1ccc(C(=O)NC(=N)N)cc1S(C)(=O)=O.Cl. The molecule has 0 radical (unpaired) electrons. The van der Waals surface area contributed by atoms with Crippen LogP contribution in [-0.2, 0) is 16.3 Å². The summed E-state index contributed by atoms with van der Waals surface area (Å²) < 4.78 is 23.6. The third kappa shape index (κ3) is 5.73. The van der Waals surface area contributed by atoms with Crippen molar-refractivity contribution in [1.82, 2.24) is 5.32 Å². The Kier molecular flexibility index (Phi) is 7.38. The number of amides is 1. The minimum Gasteiger partial charge on any atom is -0.370 e. The summed E-state index contributed by atoms with van der Waals surface area (Å²) in [7, 11) is -3.41. The highest BCUT2D eigenvalue weighted by Crippen LogP contribution is 2.20. The Hall–Kier alpha value is -1.60. The third-order valence-corrected chi connectivity index (χ3v) is 3.96. The van der Waals surface area contributed by atoms with Crippen molar-refractivity contribution in [3.63, 3.8) is 0 Å². The standard InChI is InChI=1S/C13H19N3O3S.ClH/c1-3-4-5-9-6-7-10(12(17)16-13(14)15)8-11(9)20(2,18)19;/h6-8H,3-5H2,1-2H3,(H4,14,15,16,17);1H. The minimum absolute atomic E-state index is 0. The summed E-state index contributed by atoms with van der Waals surface area (Å²) in [6, 6.07) is 4.51. The maximum atomic E-state index is 11.8. The first kappa shape index (κ1) is 19.4. The molecular weight excluding hydrogens is 314 g/mol. The van der Waals surface area contributed by atoms with E-state index in [0.717, 1.165) is 19.1 Å². The van der Waals surface area contributed by atoms with Crippen LogP contribution in [0.15, 0.2) is 23.1 Å². The van der Waals surface area contributed by atoms with Crippen LogP contribution in [0.2, 0.25) is 0 Å². The van der Waals surface area contributed by atoms with Crippen LogP contribution in [0.3, 0.4) is 0 Å². The number of rotatable bonds is 5. The van der Waals surface area contributed by atoms with Gasteiger partial charge < -0.3 is 5.73 Å². The number of hydrogen-bond acceptors (Lipinski definition) is 4. The topological polar surface area (TPSA) is 113 Å². The number of guanidine groups is 1. The molecule has 0 unspecified atom stereocenters. The average Bonchev–Trinajstić information content (AvgIpc) is 2.34. The quantitative estimate of drug-likeness (QED) is 0.559. The Labute approximate surface area is 131 Å². The highest BCUT2D eigenvalue weighted by molar-refractivity contribution is 7.90. The van der Waals surface area contributed by atoms with E-state index in [1.54, 1.807) is 6.07 Å². The van der Waals surface area contributed by atoms with Gasteiger partial charge in [0.25, 0.3) is 5.91 Å². The summed E-state index contributed by atoms with van der Waals surface area (Å²) >= 11 is 0.